The highest BCUT2D eigenvalue weighted by Gasteiger charge is 2.21. The summed E-state index contributed by atoms with van der Waals surface area (Å²) < 4.78 is 0. The molecule has 0 bridgehead atoms. The van der Waals surface area contributed by atoms with Crippen molar-refractivity contribution >= 4 is 17.7 Å². The minimum atomic E-state index is -0.846. The van der Waals surface area contributed by atoms with E-state index in [0.717, 1.165) is 6.42 Å². The molecule has 2 N–H and O–H groups in total. The van der Waals surface area contributed by atoms with Crippen LogP contribution in [0.2, 0.25) is 0 Å². The summed E-state index contributed by atoms with van der Waals surface area (Å²) in [6.45, 7) is 6.23. The molecule has 0 saturated carbocycles. The van der Waals surface area contributed by atoms with Crippen molar-refractivity contribution in [3.8, 4) is 0 Å². The molecule has 1 aromatic carbocycles. The first kappa shape index (κ1) is 18.1. The van der Waals surface area contributed by atoms with Gasteiger partial charge in [0.1, 0.15) is 0 Å². The third-order valence-corrected chi connectivity index (χ3v) is 4.48. The van der Waals surface area contributed by atoms with E-state index < -0.39 is 5.60 Å². The Morgan fingerprint density at radius 1 is 1.38 bits per heavy atom. The van der Waals surface area contributed by atoms with Crippen LogP contribution in [0.4, 0.5) is 0 Å². The number of hydrogen-bond donors (Lipinski definition) is 2. The van der Waals surface area contributed by atoms with E-state index in [4.69, 9.17) is 0 Å². The average Bonchev–Trinajstić information content (AvgIpc) is 2.45. The van der Waals surface area contributed by atoms with Crippen molar-refractivity contribution in [1.82, 2.24) is 5.32 Å². The molecule has 0 aliphatic heterocycles. The quantitative estimate of drug-likeness (QED) is 0.776. The van der Waals surface area contributed by atoms with Crippen LogP contribution in [0.15, 0.2) is 24.3 Å². The van der Waals surface area contributed by atoms with Crippen LogP contribution in [-0.4, -0.2) is 35.2 Å². The van der Waals surface area contributed by atoms with Gasteiger partial charge in [-0.1, -0.05) is 38.1 Å². The van der Waals surface area contributed by atoms with Gasteiger partial charge in [-0.3, -0.25) is 4.79 Å². The predicted octanol–water partition coefficient (Wildman–Crippen LogP) is 2.97. The molecule has 118 valence electrons. The van der Waals surface area contributed by atoms with Gasteiger partial charge in [0.25, 0.3) is 0 Å². The molecular weight excluding hydrogens is 282 g/mol. The van der Waals surface area contributed by atoms with Crippen LogP contribution in [0.1, 0.15) is 44.2 Å². The maximum atomic E-state index is 12.0. The Kier molecular flexibility index (Phi) is 7.26. The Balaban J connectivity index is 2.46. The highest BCUT2D eigenvalue weighted by molar-refractivity contribution is 7.98. The minimum Gasteiger partial charge on any atom is -0.387 e. The number of thioether (sulfide) groups is 1. The van der Waals surface area contributed by atoms with Crippen LogP contribution >= 0.6 is 11.8 Å². The molecule has 0 fully saturated rings. The Morgan fingerprint density at radius 2 is 2.00 bits per heavy atom. The average molecular weight is 309 g/mol. The van der Waals surface area contributed by atoms with Gasteiger partial charge in [0.15, 0.2) is 0 Å². The normalized spacial score (nSPS) is 15.3. The monoisotopic (exact) mass is 309 g/mol. The lowest BCUT2D eigenvalue weighted by Gasteiger charge is -2.23. The van der Waals surface area contributed by atoms with Crippen molar-refractivity contribution < 1.29 is 9.90 Å². The molecule has 2 atom stereocenters. The van der Waals surface area contributed by atoms with Gasteiger partial charge in [-0.15, -0.1) is 0 Å². The number of carbonyl (C=O) groups excluding carboxylic acids is 1. The summed E-state index contributed by atoms with van der Waals surface area (Å²) in [6, 6.07) is 8.43. The first-order valence-electron chi connectivity index (χ1n) is 7.45. The van der Waals surface area contributed by atoms with Gasteiger partial charge < -0.3 is 10.4 Å². The van der Waals surface area contributed by atoms with Crippen LogP contribution in [0.25, 0.3) is 0 Å². The Morgan fingerprint density at radius 3 is 2.52 bits per heavy atom. The zero-order chi connectivity index (χ0) is 15.9. The highest BCUT2D eigenvalue weighted by atomic mass is 32.2. The summed E-state index contributed by atoms with van der Waals surface area (Å²) in [5, 5.41) is 12.9. The van der Waals surface area contributed by atoms with E-state index in [-0.39, 0.29) is 11.8 Å². The summed E-state index contributed by atoms with van der Waals surface area (Å²) in [6.07, 6.45) is 3.42. The molecular formula is C17H27NO2S. The molecule has 0 aliphatic rings. The topological polar surface area (TPSA) is 49.3 Å². The van der Waals surface area contributed by atoms with Crippen molar-refractivity contribution in [2.75, 3.05) is 18.6 Å². The van der Waals surface area contributed by atoms with E-state index in [1.165, 1.54) is 11.1 Å². The van der Waals surface area contributed by atoms with E-state index in [9.17, 15) is 9.90 Å². The molecule has 0 radical (unpaired) electrons. The van der Waals surface area contributed by atoms with E-state index in [1.807, 2.05) is 6.26 Å². The van der Waals surface area contributed by atoms with Crippen molar-refractivity contribution in [3.05, 3.63) is 35.4 Å². The van der Waals surface area contributed by atoms with Crippen LogP contribution in [0.5, 0.6) is 0 Å². The second-order valence-corrected chi connectivity index (χ2v) is 6.77. The van der Waals surface area contributed by atoms with Gasteiger partial charge in [0, 0.05) is 18.7 Å². The number of nitrogens with one attached hydrogen (secondary N) is 1. The molecule has 1 rings (SSSR count). The van der Waals surface area contributed by atoms with E-state index in [1.54, 1.807) is 18.7 Å². The van der Waals surface area contributed by atoms with Crippen LogP contribution < -0.4 is 5.32 Å². The summed E-state index contributed by atoms with van der Waals surface area (Å²) >= 11 is 1.57. The summed E-state index contributed by atoms with van der Waals surface area (Å²) in [7, 11) is 0. The second kappa shape index (κ2) is 8.44. The van der Waals surface area contributed by atoms with Crippen molar-refractivity contribution in [2.45, 2.75) is 45.1 Å². The highest BCUT2D eigenvalue weighted by Crippen LogP contribution is 2.19. The maximum absolute atomic E-state index is 12.0. The smallest absolute Gasteiger partial charge is 0.220 e. The predicted molar refractivity (Wildman–Crippen MR) is 90.9 cm³/mol. The standard InChI is InChI=1S/C17H27NO2S/c1-5-14-6-8-15(9-7-14)13(2)10-16(19)18-11-17(3,20)12-21-4/h6-9,13,20H,5,10-12H2,1-4H3,(H,18,19). The number of rotatable bonds is 8. The number of hydrogen-bond acceptors (Lipinski definition) is 3. The molecule has 3 nitrogen and oxygen atoms in total. The van der Waals surface area contributed by atoms with Crippen LogP contribution in [-0.2, 0) is 11.2 Å². The van der Waals surface area contributed by atoms with Gasteiger partial charge in [-0.2, -0.15) is 11.8 Å². The number of benzene rings is 1. The van der Waals surface area contributed by atoms with E-state index in [2.05, 4.69) is 43.4 Å². The van der Waals surface area contributed by atoms with Gasteiger partial charge in [0.05, 0.1) is 5.60 Å². The molecule has 1 aromatic rings. The molecule has 1 amide bonds. The van der Waals surface area contributed by atoms with E-state index >= 15 is 0 Å². The van der Waals surface area contributed by atoms with Crippen LogP contribution in [0.3, 0.4) is 0 Å². The number of amides is 1. The minimum absolute atomic E-state index is 0.0107. The zero-order valence-electron chi connectivity index (χ0n) is 13.5. The SMILES string of the molecule is CCc1ccc(C(C)CC(=O)NCC(C)(O)CSC)cc1. The van der Waals surface area contributed by atoms with Gasteiger partial charge in [0.2, 0.25) is 5.91 Å². The molecule has 4 heteroatoms. The fraction of sp³-hybridized carbons (Fsp3) is 0.588. The lowest BCUT2D eigenvalue weighted by Crippen LogP contribution is -2.42. The number of carbonyl (C=O) groups is 1. The lowest BCUT2D eigenvalue weighted by atomic mass is 9.96. The van der Waals surface area contributed by atoms with E-state index in [0.29, 0.717) is 18.7 Å². The first-order valence-corrected chi connectivity index (χ1v) is 8.84. The summed E-state index contributed by atoms with van der Waals surface area (Å²) in [5.41, 5.74) is 1.64. The summed E-state index contributed by atoms with van der Waals surface area (Å²) in [4.78, 5) is 12.0. The fourth-order valence-corrected chi connectivity index (χ4v) is 2.92. The first-order chi connectivity index (χ1) is 9.88. The summed E-state index contributed by atoms with van der Waals surface area (Å²) in [5.74, 6) is 0.784. The molecule has 0 saturated heterocycles. The zero-order valence-corrected chi connectivity index (χ0v) is 14.3. The molecule has 0 aliphatic carbocycles. The molecule has 21 heavy (non-hydrogen) atoms. The van der Waals surface area contributed by atoms with Crippen molar-refractivity contribution in [2.24, 2.45) is 0 Å². The largest absolute Gasteiger partial charge is 0.387 e. The van der Waals surface area contributed by atoms with Crippen molar-refractivity contribution in [1.29, 1.82) is 0 Å². The third-order valence-electron chi connectivity index (χ3n) is 3.57. The van der Waals surface area contributed by atoms with Crippen LogP contribution in [0, 0.1) is 0 Å². The Bertz CT molecular complexity index is 443. The molecule has 0 heterocycles. The molecule has 0 spiro atoms. The fourth-order valence-electron chi connectivity index (χ4n) is 2.20. The third kappa shape index (κ3) is 6.53. The van der Waals surface area contributed by atoms with Gasteiger partial charge >= 0.3 is 0 Å². The Hall–Kier alpha value is -1.00. The lowest BCUT2D eigenvalue weighted by molar-refractivity contribution is -0.122. The van der Waals surface area contributed by atoms with Crippen molar-refractivity contribution in [3.63, 3.8) is 0 Å². The van der Waals surface area contributed by atoms with Gasteiger partial charge in [-0.05, 0) is 36.6 Å². The maximum Gasteiger partial charge on any atom is 0.220 e. The van der Waals surface area contributed by atoms with Gasteiger partial charge in [-0.25, -0.2) is 0 Å². The second-order valence-electron chi connectivity index (χ2n) is 5.91. The molecule has 2 unspecified atom stereocenters. The number of aryl methyl sites for hydroxylation is 1. The molecule has 0 aromatic heterocycles. The Labute approximate surface area is 132 Å². The number of aliphatic hydroxyl groups is 1.